The Hall–Kier alpha value is -2.21. The number of furan rings is 1. The van der Waals surface area contributed by atoms with Gasteiger partial charge in [0.25, 0.3) is 0 Å². The highest BCUT2D eigenvalue weighted by Gasteiger charge is 2.18. The number of fused-ring (bicyclic) bond motifs is 2. The molecule has 0 saturated carbocycles. The first-order chi connectivity index (χ1) is 10.9. The minimum absolute atomic E-state index is 0.0482. The Morgan fingerprint density at radius 1 is 1.13 bits per heavy atom. The molecule has 0 atom stereocenters. The third-order valence-electron chi connectivity index (χ3n) is 3.90. The Kier molecular flexibility index (Phi) is 3.93. The van der Waals surface area contributed by atoms with Crippen molar-refractivity contribution in [1.82, 2.24) is 0 Å². The van der Waals surface area contributed by atoms with Crippen LogP contribution in [0.2, 0.25) is 0 Å². The maximum absolute atomic E-state index is 11.6. The zero-order valence-electron chi connectivity index (χ0n) is 13.1. The highest BCUT2D eigenvalue weighted by Crippen LogP contribution is 2.35. The predicted octanol–water partition coefficient (Wildman–Crippen LogP) is 3.78. The summed E-state index contributed by atoms with van der Waals surface area (Å²) in [6.07, 6.45) is 0. The van der Waals surface area contributed by atoms with Gasteiger partial charge in [0.05, 0.1) is 5.75 Å². The summed E-state index contributed by atoms with van der Waals surface area (Å²) in [5.41, 5.74) is 3.48. The van der Waals surface area contributed by atoms with Gasteiger partial charge in [-0.05, 0) is 32.4 Å². The molecule has 0 radical (unpaired) electrons. The third-order valence-corrected chi connectivity index (χ3v) is 4.84. The average molecular weight is 332 g/mol. The second kappa shape index (κ2) is 5.77. The number of carboxylic acid groups (broad SMARTS) is 1. The molecule has 0 unspecified atom stereocenters. The van der Waals surface area contributed by atoms with Crippen molar-refractivity contribution in [2.45, 2.75) is 26.5 Å². The Morgan fingerprint density at radius 2 is 1.83 bits per heavy atom. The van der Waals surface area contributed by atoms with Crippen LogP contribution in [0.25, 0.3) is 21.9 Å². The first kappa shape index (κ1) is 15.7. The van der Waals surface area contributed by atoms with Crippen LogP contribution in [0.3, 0.4) is 0 Å². The van der Waals surface area contributed by atoms with Crippen LogP contribution in [0.5, 0.6) is 0 Å². The first-order valence-corrected chi connectivity index (χ1v) is 8.29. The molecule has 1 aromatic carbocycles. The van der Waals surface area contributed by atoms with Crippen molar-refractivity contribution in [2.24, 2.45) is 0 Å². The van der Waals surface area contributed by atoms with E-state index in [1.165, 1.54) is 17.8 Å². The molecule has 0 amide bonds. The number of aliphatic carboxylic acids is 1. The smallest absolute Gasteiger partial charge is 0.336 e. The molecule has 2 heterocycles. The van der Waals surface area contributed by atoms with Gasteiger partial charge in [-0.25, -0.2) is 4.79 Å². The van der Waals surface area contributed by atoms with Gasteiger partial charge in [-0.15, -0.1) is 11.8 Å². The van der Waals surface area contributed by atoms with Crippen molar-refractivity contribution in [3.05, 3.63) is 45.0 Å². The van der Waals surface area contributed by atoms with Gasteiger partial charge < -0.3 is 13.9 Å². The topological polar surface area (TPSA) is 80.7 Å². The third kappa shape index (κ3) is 2.74. The van der Waals surface area contributed by atoms with E-state index in [4.69, 9.17) is 13.9 Å². The number of thioether (sulfide) groups is 1. The van der Waals surface area contributed by atoms with Crippen LogP contribution in [0.15, 0.2) is 25.8 Å². The van der Waals surface area contributed by atoms with E-state index in [1.54, 1.807) is 0 Å². The number of hydrogen-bond acceptors (Lipinski definition) is 5. The number of aryl methyl sites for hydroxylation is 3. The molecule has 3 rings (SSSR count). The van der Waals surface area contributed by atoms with E-state index >= 15 is 0 Å². The summed E-state index contributed by atoms with van der Waals surface area (Å²) in [4.78, 5) is 22.3. The summed E-state index contributed by atoms with van der Waals surface area (Å²) in [5.74, 6) is 0.536. The lowest BCUT2D eigenvalue weighted by Gasteiger charge is -2.05. The van der Waals surface area contributed by atoms with Gasteiger partial charge in [0.2, 0.25) is 0 Å². The van der Waals surface area contributed by atoms with E-state index in [-0.39, 0.29) is 11.4 Å². The van der Waals surface area contributed by atoms with Crippen LogP contribution in [-0.4, -0.2) is 16.8 Å². The van der Waals surface area contributed by atoms with Gasteiger partial charge in [0, 0.05) is 33.7 Å². The van der Waals surface area contributed by atoms with E-state index in [1.807, 2.05) is 26.8 Å². The van der Waals surface area contributed by atoms with Crippen molar-refractivity contribution in [3.63, 3.8) is 0 Å². The molecule has 0 aliphatic heterocycles. The lowest BCUT2D eigenvalue weighted by molar-refractivity contribution is -0.133. The lowest BCUT2D eigenvalue weighted by Crippen LogP contribution is -1.99. The minimum Gasteiger partial charge on any atom is -0.481 e. The van der Waals surface area contributed by atoms with E-state index in [0.717, 1.165) is 33.2 Å². The number of carbonyl (C=O) groups is 1. The normalized spacial score (nSPS) is 11.4. The molecule has 0 saturated heterocycles. The summed E-state index contributed by atoms with van der Waals surface area (Å²) < 4.78 is 11.2. The molecule has 6 heteroatoms. The van der Waals surface area contributed by atoms with Gasteiger partial charge >= 0.3 is 11.6 Å². The quantitative estimate of drug-likeness (QED) is 0.732. The molecule has 23 heavy (non-hydrogen) atoms. The van der Waals surface area contributed by atoms with Crippen LogP contribution in [0.4, 0.5) is 0 Å². The zero-order valence-corrected chi connectivity index (χ0v) is 13.9. The molecule has 120 valence electrons. The predicted molar refractivity (Wildman–Crippen MR) is 90.3 cm³/mol. The van der Waals surface area contributed by atoms with E-state index < -0.39 is 5.97 Å². The SMILES string of the molecule is Cc1oc2c(C)c3oc(=O)cc(C)c3cc2c1CSCC(=O)O. The van der Waals surface area contributed by atoms with Crippen molar-refractivity contribution < 1.29 is 18.7 Å². The molecular weight excluding hydrogens is 316 g/mol. The van der Waals surface area contributed by atoms with E-state index in [0.29, 0.717) is 16.9 Å². The van der Waals surface area contributed by atoms with Crippen LogP contribution < -0.4 is 5.63 Å². The number of hydrogen-bond donors (Lipinski definition) is 1. The molecule has 0 spiro atoms. The highest BCUT2D eigenvalue weighted by molar-refractivity contribution is 7.99. The monoisotopic (exact) mass is 332 g/mol. The molecule has 0 fully saturated rings. The molecule has 0 bridgehead atoms. The van der Waals surface area contributed by atoms with E-state index in [2.05, 4.69) is 0 Å². The standard InChI is InChI=1S/C17H16O5S/c1-8-4-15(20)22-16-9(2)17-12(5-11(8)16)13(10(3)21-17)6-23-7-14(18)19/h4-5H,6-7H2,1-3H3,(H,18,19). The maximum atomic E-state index is 11.6. The van der Waals surface area contributed by atoms with Crippen LogP contribution >= 0.6 is 11.8 Å². The Labute approximate surface area is 136 Å². The Bertz CT molecular complexity index is 980. The second-order valence-electron chi connectivity index (χ2n) is 5.53. The molecular formula is C17H16O5S. The Balaban J connectivity index is 2.22. The number of rotatable bonds is 4. The molecule has 3 aromatic rings. The minimum atomic E-state index is -0.834. The fraction of sp³-hybridized carbons (Fsp3) is 0.294. The van der Waals surface area contributed by atoms with E-state index in [9.17, 15) is 9.59 Å². The van der Waals surface area contributed by atoms with Crippen molar-refractivity contribution in [3.8, 4) is 0 Å². The van der Waals surface area contributed by atoms with Crippen LogP contribution in [0.1, 0.15) is 22.5 Å². The molecule has 0 aliphatic carbocycles. The summed E-state index contributed by atoms with van der Waals surface area (Å²) >= 11 is 1.33. The van der Waals surface area contributed by atoms with Gasteiger partial charge in [-0.3, -0.25) is 4.79 Å². The average Bonchev–Trinajstić information content (AvgIpc) is 2.77. The first-order valence-electron chi connectivity index (χ1n) is 7.14. The fourth-order valence-corrected chi connectivity index (χ4v) is 3.61. The summed E-state index contributed by atoms with van der Waals surface area (Å²) in [5, 5.41) is 10.6. The molecule has 1 N–H and O–H groups in total. The summed E-state index contributed by atoms with van der Waals surface area (Å²) in [6, 6.07) is 3.43. The summed E-state index contributed by atoms with van der Waals surface area (Å²) in [7, 11) is 0. The number of carboxylic acids is 1. The zero-order chi connectivity index (χ0) is 16.7. The molecule has 0 aliphatic rings. The van der Waals surface area contributed by atoms with Gasteiger partial charge in [-0.2, -0.15) is 0 Å². The van der Waals surface area contributed by atoms with Gasteiger partial charge in [0.1, 0.15) is 16.9 Å². The van der Waals surface area contributed by atoms with Crippen molar-refractivity contribution >= 4 is 39.7 Å². The van der Waals surface area contributed by atoms with Crippen molar-refractivity contribution in [1.29, 1.82) is 0 Å². The molecule has 5 nitrogen and oxygen atoms in total. The van der Waals surface area contributed by atoms with Crippen LogP contribution in [0, 0.1) is 20.8 Å². The Morgan fingerprint density at radius 3 is 2.52 bits per heavy atom. The fourth-order valence-electron chi connectivity index (χ4n) is 2.77. The van der Waals surface area contributed by atoms with Gasteiger partial charge in [0.15, 0.2) is 0 Å². The van der Waals surface area contributed by atoms with Crippen LogP contribution in [-0.2, 0) is 10.5 Å². The van der Waals surface area contributed by atoms with Gasteiger partial charge in [-0.1, -0.05) is 0 Å². The second-order valence-corrected chi connectivity index (χ2v) is 6.51. The summed E-state index contributed by atoms with van der Waals surface area (Å²) in [6.45, 7) is 5.60. The maximum Gasteiger partial charge on any atom is 0.336 e. The highest BCUT2D eigenvalue weighted by atomic mass is 32.2. The molecule has 2 aromatic heterocycles. The lowest BCUT2D eigenvalue weighted by atomic mass is 10.0. The largest absolute Gasteiger partial charge is 0.481 e. The number of benzene rings is 1. The van der Waals surface area contributed by atoms with Crippen molar-refractivity contribution in [2.75, 3.05) is 5.75 Å².